The highest BCUT2D eigenvalue weighted by atomic mass is 32.2. The van der Waals surface area contributed by atoms with Crippen molar-refractivity contribution in [3.8, 4) is 0 Å². The van der Waals surface area contributed by atoms with Crippen LogP contribution in [0.25, 0.3) is 10.4 Å². The third-order valence-corrected chi connectivity index (χ3v) is 7.86. The van der Waals surface area contributed by atoms with E-state index in [-0.39, 0.29) is 28.7 Å². The van der Waals surface area contributed by atoms with Crippen molar-refractivity contribution in [3.05, 3.63) is 23.1 Å². The maximum Gasteiger partial charge on any atom is 0.352 e. The smallest absolute Gasteiger partial charge is 0.352 e. The molecule has 2 aliphatic heterocycles. The number of amides is 1. The highest BCUT2D eigenvalue weighted by molar-refractivity contribution is 7.99. The molecule has 2 aromatic heterocycles. The zero-order valence-corrected chi connectivity index (χ0v) is 18.7. The van der Waals surface area contributed by atoms with E-state index in [0.717, 1.165) is 20.5 Å². The molecule has 1 amide bonds. The Morgan fingerprint density at radius 3 is 2.90 bits per heavy atom. The minimum absolute atomic E-state index is 0.0155. The first-order valence-electron chi connectivity index (χ1n) is 9.34. The summed E-state index contributed by atoms with van der Waals surface area (Å²) in [4.78, 5) is 32.0. The molecule has 2 aliphatic rings. The van der Waals surface area contributed by atoms with E-state index in [9.17, 15) is 19.8 Å². The molecule has 0 bridgehead atoms. The quantitative estimate of drug-likeness (QED) is 0.203. The molecule has 30 heavy (non-hydrogen) atoms. The van der Waals surface area contributed by atoms with E-state index in [4.69, 9.17) is 18.0 Å². The fourth-order valence-electron chi connectivity index (χ4n) is 4.22. The van der Waals surface area contributed by atoms with Gasteiger partial charge in [-0.3, -0.25) is 9.20 Å². The summed E-state index contributed by atoms with van der Waals surface area (Å²) in [7, 11) is 0. The number of β-lactam (4-membered cyclic amide) rings is 1. The molecular weight excluding hydrogens is 446 g/mol. The van der Waals surface area contributed by atoms with E-state index >= 15 is 0 Å². The van der Waals surface area contributed by atoms with Gasteiger partial charge in [0.25, 0.3) is 0 Å². The Kier molecular flexibility index (Phi) is 5.51. The molecule has 12 heteroatoms. The largest absolute Gasteiger partial charge is 0.477 e. The molecule has 0 aliphatic carbocycles. The van der Waals surface area contributed by atoms with Crippen molar-refractivity contribution in [1.82, 2.24) is 19.6 Å². The van der Waals surface area contributed by atoms with Crippen LogP contribution in [0.3, 0.4) is 0 Å². The van der Waals surface area contributed by atoms with Gasteiger partial charge in [-0.1, -0.05) is 6.92 Å². The van der Waals surface area contributed by atoms with Crippen LogP contribution in [0.5, 0.6) is 0 Å². The molecule has 0 saturated carbocycles. The normalized spacial score (nSPS) is 24.2. The van der Waals surface area contributed by atoms with Crippen LogP contribution in [0, 0.1) is 11.8 Å². The predicted octanol–water partition coefficient (Wildman–Crippen LogP) is 0.974. The minimum Gasteiger partial charge on any atom is -0.477 e. The molecule has 160 valence electrons. The highest BCUT2D eigenvalue weighted by Crippen LogP contribution is 2.51. The van der Waals surface area contributed by atoms with Gasteiger partial charge in [0.15, 0.2) is 5.11 Å². The standard InChI is InChI=1S/C18H21N5O4S3/c1-7-10(13(17(26)27)23-12(7)11(8(2)24)15(23)25)9-5-22-6-21-14(16(22)30-9)29-4-3-20-18(19)28/h5-8,11-12,24H,3-4H2,1-2H3,(H,26,27)(H3,19,20,28)/t7-,8+,11+,12+/m0/s1. The lowest BCUT2D eigenvalue weighted by atomic mass is 9.77. The van der Waals surface area contributed by atoms with Gasteiger partial charge in [-0.15, -0.1) is 23.1 Å². The fourth-order valence-corrected chi connectivity index (χ4v) is 6.48. The summed E-state index contributed by atoms with van der Waals surface area (Å²) in [6.07, 6.45) is 2.72. The average molecular weight is 468 g/mol. The van der Waals surface area contributed by atoms with Crippen molar-refractivity contribution in [2.75, 3.05) is 12.3 Å². The number of thioether (sulfide) groups is 1. The maximum absolute atomic E-state index is 12.5. The van der Waals surface area contributed by atoms with Gasteiger partial charge in [-0.05, 0) is 19.1 Å². The Morgan fingerprint density at radius 2 is 2.27 bits per heavy atom. The summed E-state index contributed by atoms with van der Waals surface area (Å²) in [5, 5.41) is 23.8. The number of thiazole rings is 1. The van der Waals surface area contributed by atoms with Gasteiger partial charge in [-0.25, -0.2) is 9.78 Å². The topological polar surface area (TPSA) is 133 Å². The second-order valence-electron chi connectivity index (χ2n) is 7.32. The number of nitrogens with zero attached hydrogens (tertiary/aromatic N) is 3. The van der Waals surface area contributed by atoms with Gasteiger partial charge in [0.05, 0.1) is 22.9 Å². The monoisotopic (exact) mass is 467 g/mol. The Morgan fingerprint density at radius 1 is 1.53 bits per heavy atom. The van der Waals surface area contributed by atoms with Crippen LogP contribution in [-0.2, 0) is 9.59 Å². The van der Waals surface area contributed by atoms with Crippen LogP contribution in [0.1, 0.15) is 18.7 Å². The highest BCUT2D eigenvalue weighted by Gasteiger charge is 2.60. The van der Waals surface area contributed by atoms with Gasteiger partial charge in [0, 0.05) is 30.0 Å². The van der Waals surface area contributed by atoms with Gasteiger partial charge in [0.1, 0.15) is 21.9 Å². The number of hydrogen-bond acceptors (Lipinski definition) is 7. The van der Waals surface area contributed by atoms with Gasteiger partial charge < -0.3 is 26.2 Å². The van der Waals surface area contributed by atoms with Gasteiger partial charge in [-0.2, -0.15) is 0 Å². The number of carbonyl (C=O) groups excluding carboxylic acids is 1. The predicted molar refractivity (Wildman–Crippen MR) is 118 cm³/mol. The van der Waals surface area contributed by atoms with Crippen molar-refractivity contribution in [1.29, 1.82) is 0 Å². The molecule has 4 rings (SSSR count). The lowest BCUT2D eigenvalue weighted by molar-refractivity contribution is -0.163. The summed E-state index contributed by atoms with van der Waals surface area (Å²) in [6, 6.07) is -0.335. The number of carboxylic acids is 1. The number of thiocarbonyl (C=S) groups is 1. The first kappa shape index (κ1) is 21.1. The number of aliphatic hydroxyl groups is 1. The minimum atomic E-state index is -1.13. The number of imidazole rings is 1. The number of aliphatic carboxylic acids is 1. The summed E-state index contributed by atoms with van der Waals surface area (Å²) >= 11 is 7.79. The molecule has 0 radical (unpaired) electrons. The van der Waals surface area contributed by atoms with E-state index in [1.165, 1.54) is 16.2 Å². The number of rotatable bonds is 7. The molecule has 1 fully saturated rings. The molecular formula is C18H21N5O4S3. The SMILES string of the molecule is C[C@@H](O)[C@H]1C(=O)N2C(C(=O)O)=C(c3cn4cnc(SCCNC(N)=S)c4s3)[C@H](C)[C@H]12. The first-order valence-corrected chi connectivity index (χ1v) is 11.5. The van der Waals surface area contributed by atoms with Crippen molar-refractivity contribution in [2.24, 2.45) is 17.6 Å². The lowest BCUT2D eigenvalue weighted by Gasteiger charge is -2.46. The van der Waals surface area contributed by atoms with Crippen molar-refractivity contribution < 1.29 is 19.8 Å². The zero-order valence-electron chi connectivity index (χ0n) is 16.2. The molecule has 9 nitrogen and oxygen atoms in total. The second kappa shape index (κ2) is 7.84. The van der Waals surface area contributed by atoms with E-state index in [2.05, 4.69) is 10.3 Å². The van der Waals surface area contributed by atoms with Crippen molar-refractivity contribution >= 4 is 62.7 Å². The van der Waals surface area contributed by atoms with Gasteiger partial charge in [0.2, 0.25) is 5.91 Å². The van der Waals surface area contributed by atoms with Crippen LogP contribution in [0.2, 0.25) is 0 Å². The van der Waals surface area contributed by atoms with Crippen LogP contribution in [-0.4, -0.2) is 65.9 Å². The average Bonchev–Trinajstić information content (AvgIpc) is 3.28. The number of aliphatic hydroxyl groups excluding tert-OH is 1. The third-order valence-electron chi connectivity index (χ3n) is 5.46. The van der Waals surface area contributed by atoms with Crippen molar-refractivity contribution in [3.63, 3.8) is 0 Å². The van der Waals surface area contributed by atoms with E-state index in [0.29, 0.717) is 12.1 Å². The molecule has 0 unspecified atom stereocenters. The van der Waals surface area contributed by atoms with Gasteiger partial charge >= 0.3 is 5.97 Å². The van der Waals surface area contributed by atoms with Crippen LogP contribution in [0.4, 0.5) is 0 Å². The summed E-state index contributed by atoms with van der Waals surface area (Å²) in [6.45, 7) is 4.10. The lowest BCUT2D eigenvalue weighted by Crippen LogP contribution is -2.63. The van der Waals surface area contributed by atoms with Crippen molar-refractivity contribution in [2.45, 2.75) is 31.0 Å². The summed E-state index contributed by atoms with van der Waals surface area (Å²) in [5.74, 6) is -1.52. The van der Waals surface area contributed by atoms with Crippen LogP contribution < -0.4 is 11.1 Å². The molecule has 5 N–H and O–H groups in total. The number of carboxylic acid groups (broad SMARTS) is 1. The number of nitrogens with one attached hydrogen (secondary N) is 1. The Bertz CT molecular complexity index is 1080. The van der Waals surface area contributed by atoms with E-state index in [1.807, 2.05) is 17.5 Å². The number of carbonyl (C=O) groups is 2. The molecule has 0 aromatic carbocycles. The number of fused-ring (bicyclic) bond motifs is 2. The maximum atomic E-state index is 12.5. The number of nitrogens with two attached hydrogens (primary N) is 1. The summed E-state index contributed by atoms with van der Waals surface area (Å²) < 4.78 is 1.87. The molecule has 2 aromatic rings. The van der Waals surface area contributed by atoms with Crippen LogP contribution in [0.15, 0.2) is 23.2 Å². The zero-order chi connectivity index (χ0) is 21.7. The fraction of sp³-hybridized carbons (Fsp3) is 0.444. The number of aromatic nitrogens is 2. The molecule has 0 spiro atoms. The van der Waals surface area contributed by atoms with E-state index < -0.39 is 18.0 Å². The molecule has 1 saturated heterocycles. The third kappa shape index (κ3) is 3.27. The Labute approximate surface area is 185 Å². The molecule has 4 atom stereocenters. The second-order valence-corrected chi connectivity index (χ2v) is 9.87. The Balaban J connectivity index is 1.65. The number of hydrogen-bond donors (Lipinski definition) is 4. The first-order chi connectivity index (χ1) is 14.2. The molecule has 4 heterocycles. The summed E-state index contributed by atoms with van der Waals surface area (Å²) in [5.41, 5.74) is 6.07. The van der Waals surface area contributed by atoms with E-state index in [1.54, 1.807) is 25.0 Å². The van der Waals surface area contributed by atoms with Crippen LogP contribution >= 0.6 is 35.3 Å². The Hall–Kier alpha value is -2.15.